The quantitative estimate of drug-likeness (QED) is 0.492. The fraction of sp³-hybridized carbons (Fsp3) is 0.296. The zero-order chi connectivity index (χ0) is 24.7. The number of hydrogen-bond acceptors (Lipinski definition) is 5. The molecule has 1 aliphatic rings. The molecule has 0 aliphatic carbocycles. The van der Waals surface area contributed by atoms with E-state index in [2.05, 4.69) is 22.3 Å². The van der Waals surface area contributed by atoms with E-state index in [1.165, 1.54) is 16.4 Å². The SMILES string of the molecule is CCN(c1ccccc1)S(=O)(=O)c1cccc(C(=O)NCC(c2ccccc2)N2CCOCC2)c1. The van der Waals surface area contributed by atoms with Crippen molar-refractivity contribution in [1.29, 1.82) is 0 Å². The van der Waals surface area contributed by atoms with Crippen LogP contribution in [-0.4, -0.2) is 58.6 Å². The van der Waals surface area contributed by atoms with Crippen LogP contribution in [0.3, 0.4) is 0 Å². The third-order valence-electron chi connectivity index (χ3n) is 6.14. The molecule has 1 atom stereocenters. The summed E-state index contributed by atoms with van der Waals surface area (Å²) >= 11 is 0. The maximum Gasteiger partial charge on any atom is 0.264 e. The van der Waals surface area contributed by atoms with Gasteiger partial charge >= 0.3 is 0 Å². The molecule has 4 rings (SSSR count). The predicted octanol–water partition coefficient (Wildman–Crippen LogP) is 3.71. The maximum absolute atomic E-state index is 13.4. The molecule has 184 valence electrons. The number of rotatable bonds is 9. The van der Waals surface area contributed by atoms with Crippen LogP contribution in [0.15, 0.2) is 89.8 Å². The smallest absolute Gasteiger partial charge is 0.264 e. The molecule has 1 fully saturated rings. The lowest BCUT2D eigenvalue weighted by molar-refractivity contribution is 0.0162. The molecule has 0 aromatic heterocycles. The van der Waals surface area contributed by atoms with Crippen LogP contribution in [0.2, 0.25) is 0 Å². The van der Waals surface area contributed by atoms with Gasteiger partial charge in [-0.3, -0.25) is 14.0 Å². The van der Waals surface area contributed by atoms with E-state index in [1.807, 2.05) is 24.3 Å². The molecule has 1 amide bonds. The number of para-hydroxylation sites is 1. The van der Waals surface area contributed by atoms with Crippen molar-refractivity contribution in [3.8, 4) is 0 Å². The van der Waals surface area contributed by atoms with Crippen molar-refractivity contribution >= 4 is 21.6 Å². The summed E-state index contributed by atoms with van der Waals surface area (Å²) in [5.41, 5.74) is 2.01. The Morgan fingerprint density at radius 2 is 1.63 bits per heavy atom. The number of amides is 1. The molecule has 3 aromatic rings. The fourth-order valence-electron chi connectivity index (χ4n) is 4.32. The average Bonchev–Trinajstić information content (AvgIpc) is 2.91. The van der Waals surface area contributed by atoms with Gasteiger partial charge in [-0.1, -0.05) is 54.6 Å². The molecule has 1 N–H and O–H groups in total. The summed E-state index contributed by atoms with van der Waals surface area (Å²) in [6.45, 7) is 5.37. The molecule has 1 unspecified atom stereocenters. The van der Waals surface area contributed by atoms with Crippen LogP contribution in [0.1, 0.15) is 28.9 Å². The third kappa shape index (κ3) is 5.90. The van der Waals surface area contributed by atoms with E-state index in [0.29, 0.717) is 31.0 Å². The Bertz CT molecular complexity index is 1210. The summed E-state index contributed by atoms with van der Waals surface area (Å²) in [6.07, 6.45) is 0. The minimum Gasteiger partial charge on any atom is -0.379 e. The summed E-state index contributed by atoms with van der Waals surface area (Å²) in [5.74, 6) is -0.306. The molecule has 1 aliphatic heterocycles. The second kappa shape index (κ2) is 11.5. The highest BCUT2D eigenvalue weighted by atomic mass is 32.2. The van der Waals surface area contributed by atoms with Crippen molar-refractivity contribution in [2.45, 2.75) is 17.9 Å². The van der Waals surface area contributed by atoms with E-state index in [0.717, 1.165) is 18.7 Å². The first-order valence-electron chi connectivity index (χ1n) is 11.8. The van der Waals surface area contributed by atoms with Crippen LogP contribution in [0.25, 0.3) is 0 Å². The molecule has 8 heteroatoms. The molecule has 3 aromatic carbocycles. The maximum atomic E-state index is 13.4. The first kappa shape index (κ1) is 24.9. The van der Waals surface area contributed by atoms with Crippen LogP contribution in [0.5, 0.6) is 0 Å². The number of sulfonamides is 1. The number of hydrogen-bond donors (Lipinski definition) is 1. The first-order valence-corrected chi connectivity index (χ1v) is 13.3. The number of ether oxygens (including phenoxy) is 1. The van der Waals surface area contributed by atoms with E-state index in [9.17, 15) is 13.2 Å². The molecule has 0 bridgehead atoms. The van der Waals surface area contributed by atoms with Gasteiger partial charge in [0, 0.05) is 31.7 Å². The van der Waals surface area contributed by atoms with Crippen molar-refractivity contribution in [2.24, 2.45) is 0 Å². The van der Waals surface area contributed by atoms with Gasteiger partial charge in [-0.2, -0.15) is 0 Å². The van der Waals surface area contributed by atoms with Crippen LogP contribution in [0, 0.1) is 0 Å². The first-order chi connectivity index (χ1) is 17.0. The monoisotopic (exact) mass is 493 g/mol. The molecule has 7 nitrogen and oxygen atoms in total. The minimum atomic E-state index is -3.82. The largest absolute Gasteiger partial charge is 0.379 e. The molecule has 1 heterocycles. The number of benzene rings is 3. The van der Waals surface area contributed by atoms with Gasteiger partial charge in [0.25, 0.3) is 15.9 Å². The van der Waals surface area contributed by atoms with Crippen molar-refractivity contribution in [1.82, 2.24) is 10.2 Å². The standard InChI is InChI=1S/C27H31N3O4S/c1-2-30(24-13-7-4-8-14-24)35(32,33)25-15-9-12-23(20-25)27(31)28-21-26(22-10-5-3-6-11-22)29-16-18-34-19-17-29/h3-15,20,26H,2,16-19,21H2,1H3,(H,28,31). The number of anilines is 1. The van der Waals surface area contributed by atoms with E-state index < -0.39 is 10.0 Å². The van der Waals surface area contributed by atoms with E-state index in [4.69, 9.17) is 4.74 Å². The molecule has 0 saturated carbocycles. The van der Waals surface area contributed by atoms with Crippen LogP contribution >= 0.6 is 0 Å². The van der Waals surface area contributed by atoms with E-state index in [1.54, 1.807) is 43.3 Å². The lowest BCUT2D eigenvalue weighted by atomic mass is 10.0. The van der Waals surface area contributed by atoms with Gasteiger partial charge in [0.05, 0.1) is 29.8 Å². The summed E-state index contributed by atoms with van der Waals surface area (Å²) in [6, 6.07) is 25.3. The summed E-state index contributed by atoms with van der Waals surface area (Å²) in [4.78, 5) is 15.5. The molecular weight excluding hydrogens is 462 g/mol. The van der Waals surface area contributed by atoms with Gasteiger partial charge in [0.15, 0.2) is 0 Å². The van der Waals surface area contributed by atoms with Gasteiger partial charge in [-0.15, -0.1) is 0 Å². The van der Waals surface area contributed by atoms with Crippen molar-refractivity contribution in [2.75, 3.05) is 43.7 Å². The lowest BCUT2D eigenvalue weighted by Gasteiger charge is -2.35. The van der Waals surface area contributed by atoms with E-state index in [-0.39, 0.29) is 23.4 Å². The second-order valence-corrected chi connectivity index (χ2v) is 10.2. The van der Waals surface area contributed by atoms with Gasteiger partial charge in [-0.05, 0) is 42.8 Å². The zero-order valence-corrected chi connectivity index (χ0v) is 20.7. The molecule has 0 radical (unpaired) electrons. The highest BCUT2D eigenvalue weighted by Gasteiger charge is 2.26. The second-order valence-electron chi connectivity index (χ2n) is 8.32. The zero-order valence-electron chi connectivity index (χ0n) is 19.8. The van der Waals surface area contributed by atoms with Gasteiger partial charge in [-0.25, -0.2) is 8.42 Å². The number of morpholine rings is 1. The van der Waals surface area contributed by atoms with Gasteiger partial charge < -0.3 is 10.1 Å². The molecule has 35 heavy (non-hydrogen) atoms. The molecule has 0 spiro atoms. The average molecular weight is 494 g/mol. The third-order valence-corrected chi connectivity index (χ3v) is 8.04. The Morgan fingerprint density at radius 1 is 0.971 bits per heavy atom. The topological polar surface area (TPSA) is 79.0 Å². The summed E-state index contributed by atoms with van der Waals surface area (Å²) in [7, 11) is -3.82. The van der Waals surface area contributed by atoms with Crippen LogP contribution < -0.4 is 9.62 Å². The molecular formula is C27H31N3O4S. The summed E-state index contributed by atoms with van der Waals surface area (Å²) < 4.78 is 33.6. The Kier molecular flexibility index (Phi) is 8.17. The minimum absolute atomic E-state index is 0.00429. The van der Waals surface area contributed by atoms with Crippen molar-refractivity contribution in [3.63, 3.8) is 0 Å². The van der Waals surface area contributed by atoms with Gasteiger partial charge in [0.2, 0.25) is 0 Å². The van der Waals surface area contributed by atoms with Crippen LogP contribution in [0.4, 0.5) is 5.69 Å². The fourth-order valence-corrected chi connectivity index (χ4v) is 5.84. The molecule has 1 saturated heterocycles. The van der Waals surface area contributed by atoms with Crippen molar-refractivity contribution < 1.29 is 17.9 Å². The normalized spacial score (nSPS) is 15.3. The van der Waals surface area contributed by atoms with E-state index >= 15 is 0 Å². The Labute approximate surface area is 207 Å². The number of nitrogens with one attached hydrogen (secondary N) is 1. The van der Waals surface area contributed by atoms with Crippen molar-refractivity contribution in [3.05, 3.63) is 96.1 Å². The number of nitrogens with zero attached hydrogens (tertiary/aromatic N) is 2. The highest BCUT2D eigenvalue weighted by Crippen LogP contribution is 2.24. The van der Waals surface area contributed by atoms with Gasteiger partial charge in [0.1, 0.15) is 0 Å². The summed E-state index contributed by atoms with van der Waals surface area (Å²) in [5, 5.41) is 3.02. The van der Waals surface area contributed by atoms with Crippen LogP contribution in [-0.2, 0) is 14.8 Å². The Hall–Kier alpha value is -3.20. The number of carbonyl (C=O) groups excluding carboxylic acids is 1. The highest BCUT2D eigenvalue weighted by molar-refractivity contribution is 7.92. The predicted molar refractivity (Wildman–Crippen MR) is 137 cm³/mol. The number of carbonyl (C=O) groups is 1. The Balaban J connectivity index is 1.52. The lowest BCUT2D eigenvalue weighted by Crippen LogP contribution is -2.43. The Morgan fingerprint density at radius 3 is 2.29 bits per heavy atom.